The zero-order valence-electron chi connectivity index (χ0n) is 17.0. The van der Waals surface area contributed by atoms with E-state index in [1.54, 1.807) is 13.2 Å². The number of carbonyl (C=O) groups excluding carboxylic acids is 1. The molecule has 0 N–H and O–H groups in total. The van der Waals surface area contributed by atoms with Crippen LogP contribution in [0.15, 0.2) is 24.0 Å². The molecule has 0 saturated carbocycles. The average molecular weight is 363 g/mol. The highest BCUT2D eigenvalue weighted by Gasteiger charge is 2.44. The number of methoxy groups -OCH3 is 1. The molecule has 4 heteroatoms. The molecule has 0 spiro atoms. The second kappa shape index (κ2) is 7.93. The Morgan fingerprint density at radius 2 is 2.08 bits per heavy atom. The zero-order chi connectivity index (χ0) is 19.5. The summed E-state index contributed by atoms with van der Waals surface area (Å²) < 4.78 is 11.9. The Bertz CT molecular complexity index is 589. The lowest BCUT2D eigenvalue weighted by Crippen LogP contribution is -2.44. The van der Waals surface area contributed by atoms with Gasteiger partial charge in [-0.1, -0.05) is 32.9 Å². The summed E-state index contributed by atoms with van der Waals surface area (Å²) in [5.74, 6) is 3.49. The van der Waals surface area contributed by atoms with Crippen molar-refractivity contribution in [1.29, 1.82) is 0 Å². The Labute approximate surface area is 155 Å². The van der Waals surface area contributed by atoms with Crippen molar-refractivity contribution in [2.75, 3.05) is 7.11 Å². The molecule has 0 aromatic carbocycles. The van der Waals surface area contributed by atoms with E-state index in [1.807, 2.05) is 6.92 Å². The average Bonchev–Trinajstić information content (AvgIpc) is 2.79. The lowest BCUT2D eigenvalue weighted by molar-refractivity contribution is -0.123. The molecule has 0 aliphatic heterocycles. The monoisotopic (exact) mass is 362 g/mol. The first-order valence-electron chi connectivity index (χ1n) is 8.94. The minimum absolute atomic E-state index is 0.0464. The molecule has 0 saturated heterocycles. The Morgan fingerprint density at radius 3 is 2.48 bits per heavy atom. The minimum atomic E-state index is -1.91. The molecule has 0 fully saturated rings. The fourth-order valence-corrected chi connectivity index (χ4v) is 4.28. The number of ketones is 1. The Balaban J connectivity index is 2.91. The van der Waals surface area contributed by atoms with E-state index in [4.69, 9.17) is 15.6 Å². The molecular weight excluding hydrogens is 328 g/mol. The summed E-state index contributed by atoms with van der Waals surface area (Å²) in [4.78, 5) is 12.6. The number of allylic oxidation sites excluding steroid dienone is 2. The molecule has 3 nitrogen and oxygen atoms in total. The van der Waals surface area contributed by atoms with Crippen molar-refractivity contribution in [3.05, 3.63) is 24.0 Å². The van der Waals surface area contributed by atoms with Crippen molar-refractivity contribution >= 4 is 14.1 Å². The first kappa shape index (κ1) is 21.7. The molecule has 1 aliphatic carbocycles. The van der Waals surface area contributed by atoms with Gasteiger partial charge in [0.25, 0.3) is 0 Å². The van der Waals surface area contributed by atoms with E-state index >= 15 is 0 Å². The standard InChI is InChI=1S/C21H34O3Si/c1-10-12-21(15-17(23-7)14-19(21)22)13-11-18(16(2)3)24-25(8,9)20(4,5)6/h1,14,18H,2,11-13,15H2,3-9H3. The summed E-state index contributed by atoms with van der Waals surface area (Å²) in [6.45, 7) is 17.3. The second-order valence-electron chi connectivity index (χ2n) is 8.77. The molecule has 140 valence electrons. The number of carbonyl (C=O) groups is 1. The SMILES string of the molecule is C#CCC1(CCC(O[Si](C)(C)C(C)(C)C)C(=C)C)CC(OC)=CC1=O. The van der Waals surface area contributed by atoms with E-state index in [9.17, 15) is 4.79 Å². The van der Waals surface area contributed by atoms with Crippen LogP contribution < -0.4 is 0 Å². The van der Waals surface area contributed by atoms with Crippen LogP contribution >= 0.6 is 0 Å². The predicted octanol–water partition coefficient (Wildman–Crippen LogP) is 5.25. The lowest BCUT2D eigenvalue weighted by Gasteiger charge is -2.40. The van der Waals surface area contributed by atoms with Gasteiger partial charge < -0.3 is 9.16 Å². The molecule has 0 heterocycles. The normalized spacial score (nSPS) is 22.3. The fraction of sp³-hybridized carbons (Fsp3) is 0.667. The van der Waals surface area contributed by atoms with Gasteiger partial charge in [-0.15, -0.1) is 12.3 Å². The molecule has 1 aliphatic rings. The van der Waals surface area contributed by atoms with Gasteiger partial charge >= 0.3 is 0 Å². The summed E-state index contributed by atoms with van der Waals surface area (Å²) in [6, 6.07) is 0. The van der Waals surface area contributed by atoms with Crippen molar-refractivity contribution in [3.8, 4) is 12.3 Å². The summed E-state index contributed by atoms with van der Waals surface area (Å²) in [6.07, 6.45) is 9.56. The third-order valence-corrected chi connectivity index (χ3v) is 10.2. The first-order chi connectivity index (χ1) is 11.4. The topological polar surface area (TPSA) is 35.5 Å². The Hall–Kier alpha value is -1.31. The summed E-state index contributed by atoms with van der Waals surface area (Å²) in [5.41, 5.74) is 0.455. The van der Waals surface area contributed by atoms with Gasteiger partial charge in [0.15, 0.2) is 14.1 Å². The van der Waals surface area contributed by atoms with E-state index in [1.165, 1.54) is 0 Å². The smallest absolute Gasteiger partial charge is 0.192 e. The number of rotatable bonds is 8. The van der Waals surface area contributed by atoms with Gasteiger partial charge in [-0.2, -0.15) is 0 Å². The van der Waals surface area contributed by atoms with Gasteiger partial charge in [0.05, 0.1) is 18.6 Å². The van der Waals surface area contributed by atoms with Gasteiger partial charge in [-0.05, 0) is 37.9 Å². The van der Waals surface area contributed by atoms with Crippen LogP contribution in [-0.4, -0.2) is 27.3 Å². The maximum Gasteiger partial charge on any atom is 0.192 e. The van der Waals surface area contributed by atoms with Crippen LogP contribution in [0.1, 0.15) is 53.4 Å². The van der Waals surface area contributed by atoms with Crippen molar-refractivity contribution in [3.63, 3.8) is 0 Å². The van der Waals surface area contributed by atoms with Gasteiger partial charge in [0.1, 0.15) is 5.76 Å². The highest BCUT2D eigenvalue weighted by Crippen LogP contribution is 2.44. The largest absolute Gasteiger partial charge is 0.501 e. The molecule has 2 atom stereocenters. The van der Waals surface area contributed by atoms with E-state index < -0.39 is 13.7 Å². The second-order valence-corrected chi connectivity index (χ2v) is 13.5. The highest BCUT2D eigenvalue weighted by molar-refractivity contribution is 6.74. The number of ether oxygens (including phenoxy) is 1. The van der Waals surface area contributed by atoms with E-state index in [0.29, 0.717) is 19.3 Å². The first-order valence-corrected chi connectivity index (χ1v) is 11.8. The molecule has 0 bridgehead atoms. The van der Waals surface area contributed by atoms with E-state index in [-0.39, 0.29) is 16.9 Å². The summed E-state index contributed by atoms with van der Waals surface area (Å²) in [7, 11) is -0.312. The van der Waals surface area contributed by atoms with Gasteiger partial charge in [0, 0.05) is 18.9 Å². The van der Waals surface area contributed by atoms with Crippen LogP contribution in [0.5, 0.6) is 0 Å². The fourth-order valence-electron chi connectivity index (χ4n) is 2.89. The number of hydrogen-bond donors (Lipinski definition) is 0. The van der Waals surface area contributed by atoms with Crippen molar-refractivity contribution in [2.24, 2.45) is 5.41 Å². The van der Waals surface area contributed by atoms with Crippen molar-refractivity contribution < 1.29 is 14.0 Å². The molecule has 0 radical (unpaired) electrons. The van der Waals surface area contributed by atoms with Gasteiger partial charge in [-0.25, -0.2) is 0 Å². The van der Waals surface area contributed by atoms with E-state index in [2.05, 4.69) is 46.4 Å². The maximum atomic E-state index is 12.6. The van der Waals surface area contributed by atoms with Crippen LogP contribution in [0.3, 0.4) is 0 Å². The van der Waals surface area contributed by atoms with Crippen LogP contribution in [0, 0.1) is 17.8 Å². The van der Waals surface area contributed by atoms with Crippen LogP contribution in [0.4, 0.5) is 0 Å². The van der Waals surface area contributed by atoms with E-state index in [0.717, 1.165) is 17.8 Å². The Morgan fingerprint density at radius 1 is 1.48 bits per heavy atom. The summed E-state index contributed by atoms with van der Waals surface area (Å²) in [5, 5.41) is 0.130. The highest BCUT2D eigenvalue weighted by atomic mass is 28.4. The van der Waals surface area contributed by atoms with Crippen LogP contribution in [-0.2, 0) is 14.0 Å². The quantitative estimate of drug-likeness (QED) is 0.336. The molecule has 0 aromatic rings. The third kappa shape index (κ3) is 5.09. The van der Waals surface area contributed by atoms with Crippen LogP contribution in [0.2, 0.25) is 18.1 Å². The number of terminal acetylenes is 1. The maximum absolute atomic E-state index is 12.6. The summed E-state index contributed by atoms with van der Waals surface area (Å²) >= 11 is 0. The Kier molecular flexibility index (Phi) is 6.89. The predicted molar refractivity (Wildman–Crippen MR) is 107 cm³/mol. The lowest BCUT2D eigenvalue weighted by atomic mass is 9.76. The molecule has 25 heavy (non-hydrogen) atoms. The molecule has 0 aromatic heterocycles. The number of hydrogen-bond acceptors (Lipinski definition) is 3. The van der Waals surface area contributed by atoms with Crippen molar-refractivity contribution in [1.82, 2.24) is 0 Å². The van der Waals surface area contributed by atoms with Gasteiger partial charge in [-0.3, -0.25) is 4.79 Å². The third-order valence-electron chi connectivity index (χ3n) is 5.71. The molecule has 0 amide bonds. The minimum Gasteiger partial charge on any atom is -0.501 e. The van der Waals surface area contributed by atoms with Crippen molar-refractivity contribution in [2.45, 2.75) is 77.6 Å². The molecular formula is C21H34O3Si. The zero-order valence-corrected chi connectivity index (χ0v) is 18.0. The van der Waals surface area contributed by atoms with Gasteiger partial charge in [0.2, 0.25) is 0 Å². The molecule has 2 unspecified atom stereocenters. The molecule has 1 rings (SSSR count). The van der Waals surface area contributed by atoms with Crippen LogP contribution in [0.25, 0.3) is 0 Å².